The first-order valence-electron chi connectivity index (χ1n) is 6.62. The molecule has 0 amide bonds. The highest BCUT2D eigenvalue weighted by atomic mass is 16.5. The molecule has 0 spiro atoms. The Morgan fingerprint density at radius 2 is 2.19 bits per heavy atom. The number of hydrogen-bond acceptors (Lipinski definition) is 3. The van der Waals surface area contributed by atoms with E-state index in [2.05, 4.69) is 12.2 Å². The maximum atomic E-state index is 5.59. The molecule has 0 saturated heterocycles. The van der Waals surface area contributed by atoms with Gasteiger partial charge in [0.15, 0.2) is 0 Å². The predicted octanol–water partition coefficient (Wildman–Crippen LogP) is 1.77. The molecule has 3 N–H and O–H groups in total. The third-order valence-electron chi connectivity index (χ3n) is 3.75. The van der Waals surface area contributed by atoms with E-state index in [1.165, 1.54) is 38.6 Å². The van der Waals surface area contributed by atoms with Gasteiger partial charge in [0.05, 0.1) is 0 Å². The van der Waals surface area contributed by atoms with Crippen molar-refractivity contribution in [1.82, 2.24) is 5.32 Å². The molecule has 3 nitrogen and oxygen atoms in total. The van der Waals surface area contributed by atoms with Crippen LogP contribution in [-0.2, 0) is 4.74 Å². The highest BCUT2D eigenvalue weighted by molar-refractivity contribution is 4.94. The van der Waals surface area contributed by atoms with E-state index in [-0.39, 0.29) is 0 Å². The molecule has 0 aromatic rings. The fourth-order valence-corrected chi connectivity index (χ4v) is 2.06. The van der Waals surface area contributed by atoms with Gasteiger partial charge in [0.2, 0.25) is 0 Å². The summed E-state index contributed by atoms with van der Waals surface area (Å²) >= 11 is 0. The van der Waals surface area contributed by atoms with Gasteiger partial charge < -0.3 is 15.8 Å². The molecule has 1 aliphatic carbocycles. The van der Waals surface area contributed by atoms with Gasteiger partial charge in [-0.3, -0.25) is 0 Å². The first-order valence-corrected chi connectivity index (χ1v) is 6.62. The van der Waals surface area contributed by atoms with Crippen LogP contribution in [0.3, 0.4) is 0 Å². The van der Waals surface area contributed by atoms with Gasteiger partial charge in [-0.2, -0.15) is 0 Å². The second kappa shape index (κ2) is 7.25. The summed E-state index contributed by atoms with van der Waals surface area (Å²) in [6.45, 7) is 6.26. The lowest BCUT2D eigenvalue weighted by Crippen LogP contribution is -2.26. The summed E-state index contributed by atoms with van der Waals surface area (Å²) in [7, 11) is 1.79. The zero-order valence-corrected chi connectivity index (χ0v) is 10.9. The van der Waals surface area contributed by atoms with Gasteiger partial charge in [0.1, 0.15) is 0 Å². The highest BCUT2D eigenvalue weighted by Gasteiger charge is 2.41. The smallest absolute Gasteiger partial charge is 0.0468 e. The van der Waals surface area contributed by atoms with Crippen LogP contribution in [-0.4, -0.2) is 33.4 Å². The molecule has 1 atom stereocenters. The Morgan fingerprint density at radius 3 is 2.75 bits per heavy atom. The quantitative estimate of drug-likeness (QED) is 0.560. The third kappa shape index (κ3) is 5.28. The molecule has 0 bridgehead atoms. The summed E-state index contributed by atoms with van der Waals surface area (Å²) < 4.78 is 5.15. The molecule has 1 saturated carbocycles. The SMILES string of the molecule is COCCC1(CNCCCC(C)CN)CC1. The Bertz CT molecular complexity index is 181. The van der Waals surface area contributed by atoms with Crippen LogP contribution in [0.4, 0.5) is 0 Å². The fourth-order valence-electron chi connectivity index (χ4n) is 2.06. The lowest BCUT2D eigenvalue weighted by Gasteiger charge is -2.16. The maximum Gasteiger partial charge on any atom is 0.0468 e. The zero-order valence-electron chi connectivity index (χ0n) is 10.9. The average molecular weight is 228 g/mol. The van der Waals surface area contributed by atoms with Crippen LogP contribution in [0.5, 0.6) is 0 Å². The summed E-state index contributed by atoms with van der Waals surface area (Å²) in [5.74, 6) is 0.671. The van der Waals surface area contributed by atoms with Crippen LogP contribution in [0.1, 0.15) is 39.0 Å². The molecule has 0 aromatic carbocycles. The van der Waals surface area contributed by atoms with Gasteiger partial charge in [0, 0.05) is 20.3 Å². The van der Waals surface area contributed by atoms with Gasteiger partial charge in [0.25, 0.3) is 0 Å². The van der Waals surface area contributed by atoms with Crippen molar-refractivity contribution in [3.05, 3.63) is 0 Å². The maximum absolute atomic E-state index is 5.59. The van der Waals surface area contributed by atoms with Crippen molar-refractivity contribution in [2.45, 2.75) is 39.0 Å². The molecule has 96 valence electrons. The minimum atomic E-state index is 0.579. The summed E-state index contributed by atoms with van der Waals surface area (Å²) in [5, 5.41) is 3.58. The lowest BCUT2D eigenvalue weighted by molar-refractivity contribution is 0.171. The van der Waals surface area contributed by atoms with E-state index in [0.29, 0.717) is 11.3 Å². The fraction of sp³-hybridized carbons (Fsp3) is 1.00. The van der Waals surface area contributed by atoms with Crippen LogP contribution < -0.4 is 11.1 Å². The average Bonchev–Trinajstić information content (AvgIpc) is 3.06. The second-order valence-corrected chi connectivity index (χ2v) is 5.40. The van der Waals surface area contributed by atoms with Gasteiger partial charge in [-0.1, -0.05) is 6.92 Å². The van der Waals surface area contributed by atoms with Crippen LogP contribution >= 0.6 is 0 Å². The molecular weight excluding hydrogens is 200 g/mol. The number of nitrogens with two attached hydrogens (primary N) is 1. The van der Waals surface area contributed by atoms with Crippen molar-refractivity contribution >= 4 is 0 Å². The minimum Gasteiger partial charge on any atom is -0.385 e. The van der Waals surface area contributed by atoms with E-state index in [9.17, 15) is 0 Å². The molecule has 1 fully saturated rings. The number of hydrogen-bond donors (Lipinski definition) is 2. The first kappa shape index (κ1) is 13.9. The predicted molar refractivity (Wildman–Crippen MR) is 68.5 cm³/mol. The van der Waals surface area contributed by atoms with Crippen molar-refractivity contribution in [2.75, 3.05) is 33.4 Å². The van der Waals surface area contributed by atoms with Gasteiger partial charge in [-0.25, -0.2) is 0 Å². The van der Waals surface area contributed by atoms with Crippen molar-refractivity contribution in [2.24, 2.45) is 17.1 Å². The summed E-state index contributed by atoms with van der Waals surface area (Å²) in [4.78, 5) is 0. The van der Waals surface area contributed by atoms with E-state index in [0.717, 1.165) is 19.7 Å². The number of methoxy groups -OCH3 is 1. The second-order valence-electron chi connectivity index (χ2n) is 5.40. The zero-order chi connectivity index (χ0) is 11.9. The Morgan fingerprint density at radius 1 is 1.44 bits per heavy atom. The molecule has 1 rings (SSSR count). The van der Waals surface area contributed by atoms with Crippen molar-refractivity contribution in [3.8, 4) is 0 Å². The van der Waals surface area contributed by atoms with E-state index >= 15 is 0 Å². The van der Waals surface area contributed by atoms with Gasteiger partial charge in [-0.05, 0) is 56.5 Å². The van der Waals surface area contributed by atoms with Crippen molar-refractivity contribution in [3.63, 3.8) is 0 Å². The Balaban J connectivity index is 1.94. The van der Waals surface area contributed by atoms with E-state index in [1.54, 1.807) is 7.11 Å². The first-order chi connectivity index (χ1) is 7.72. The van der Waals surface area contributed by atoms with Crippen LogP contribution in [0.15, 0.2) is 0 Å². The summed E-state index contributed by atoms with van der Waals surface area (Å²) in [5.41, 5.74) is 6.17. The third-order valence-corrected chi connectivity index (χ3v) is 3.75. The normalized spacial score (nSPS) is 19.7. The number of ether oxygens (including phenoxy) is 1. The molecule has 0 radical (unpaired) electrons. The van der Waals surface area contributed by atoms with Crippen LogP contribution in [0, 0.1) is 11.3 Å². The monoisotopic (exact) mass is 228 g/mol. The Hall–Kier alpha value is -0.120. The summed E-state index contributed by atoms with van der Waals surface area (Å²) in [6, 6.07) is 0. The molecule has 0 heterocycles. The van der Waals surface area contributed by atoms with Gasteiger partial charge in [-0.15, -0.1) is 0 Å². The van der Waals surface area contributed by atoms with E-state index < -0.39 is 0 Å². The molecular formula is C13H28N2O. The van der Waals surface area contributed by atoms with E-state index in [1.807, 2.05) is 0 Å². The topological polar surface area (TPSA) is 47.3 Å². The van der Waals surface area contributed by atoms with Crippen LogP contribution in [0.25, 0.3) is 0 Å². The minimum absolute atomic E-state index is 0.579. The number of rotatable bonds is 10. The molecule has 0 aromatic heterocycles. The highest BCUT2D eigenvalue weighted by Crippen LogP contribution is 2.48. The lowest BCUT2D eigenvalue weighted by atomic mass is 10.0. The summed E-state index contributed by atoms with van der Waals surface area (Å²) in [6.07, 6.45) is 6.47. The molecule has 0 aliphatic heterocycles. The number of nitrogens with one attached hydrogen (secondary N) is 1. The molecule has 16 heavy (non-hydrogen) atoms. The standard InChI is InChI=1S/C13H28N2O/c1-12(10-14)4-3-8-15-11-13(5-6-13)7-9-16-2/h12,15H,3-11,14H2,1-2H3. The van der Waals surface area contributed by atoms with E-state index in [4.69, 9.17) is 10.5 Å². The Labute approximate surface area is 100 Å². The van der Waals surface area contributed by atoms with Crippen molar-refractivity contribution < 1.29 is 4.74 Å². The molecule has 3 heteroatoms. The molecule has 1 unspecified atom stereocenters. The van der Waals surface area contributed by atoms with Crippen LogP contribution in [0.2, 0.25) is 0 Å². The largest absolute Gasteiger partial charge is 0.385 e. The van der Waals surface area contributed by atoms with Crippen molar-refractivity contribution in [1.29, 1.82) is 0 Å². The molecule has 1 aliphatic rings. The Kier molecular flexibility index (Phi) is 6.32. The van der Waals surface area contributed by atoms with Gasteiger partial charge >= 0.3 is 0 Å².